The van der Waals surface area contributed by atoms with Gasteiger partial charge in [0.05, 0.1) is 0 Å². The molecular weight excluding hydrogens is 155 g/mol. The van der Waals surface area contributed by atoms with Gasteiger partial charge in [-0.05, 0) is 24.6 Å². The van der Waals surface area contributed by atoms with E-state index in [1.54, 1.807) is 18.2 Å². The van der Waals surface area contributed by atoms with Crippen LogP contribution in [-0.4, -0.2) is 6.61 Å². The zero-order valence-electron chi connectivity index (χ0n) is 7.01. The number of halogens is 1. The Labute approximate surface area is 71.5 Å². The summed E-state index contributed by atoms with van der Waals surface area (Å²) in [6.45, 7) is 5.70. The van der Waals surface area contributed by atoms with E-state index in [1.165, 1.54) is 6.07 Å². The van der Waals surface area contributed by atoms with Gasteiger partial charge in [-0.1, -0.05) is 18.7 Å². The van der Waals surface area contributed by atoms with Crippen LogP contribution < -0.4 is 4.74 Å². The fraction of sp³-hybridized carbons (Fsp3) is 0.200. The summed E-state index contributed by atoms with van der Waals surface area (Å²) in [7, 11) is 0. The summed E-state index contributed by atoms with van der Waals surface area (Å²) < 4.78 is 18.0. The quantitative estimate of drug-likeness (QED) is 0.627. The molecule has 0 radical (unpaired) electrons. The number of rotatable bonds is 3. The van der Waals surface area contributed by atoms with Crippen LogP contribution in [0.15, 0.2) is 30.9 Å². The van der Waals surface area contributed by atoms with Crippen molar-refractivity contribution >= 4 is 0 Å². The molecule has 0 saturated heterocycles. The van der Waals surface area contributed by atoms with E-state index < -0.39 is 0 Å². The molecule has 0 heterocycles. The summed E-state index contributed by atoms with van der Waals surface area (Å²) in [5.74, 6) is -0.0441. The summed E-state index contributed by atoms with van der Waals surface area (Å²) in [5.41, 5.74) is 0.982. The summed E-state index contributed by atoms with van der Waals surface area (Å²) in [5, 5.41) is 0. The maximum absolute atomic E-state index is 12.9. The van der Waals surface area contributed by atoms with E-state index in [4.69, 9.17) is 4.74 Å². The van der Waals surface area contributed by atoms with E-state index in [0.29, 0.717) is 6.61 Å². The fourth-order valence-corrected chi connectivity index (χ4v) is 0.870. The van der Waals surface area contributed by atoms with Gasteiger partial charge in [0.2, 0.25) is 0 Å². The lowest BCUT2D eigenvalue weighted by Gasteiger charge is -2.04. The monoisotopic (exact) mass is 166 g/mol. The lowest BCUT2D eigenvalue weighted by Crippen LogP contribution is -1.95. The largest absolute Gasteiger partial charge is 0.486 e. The van der Waals surface area contributed by atoms with Crippen molar-refractivity contribution in [3.8, 4) is 5.75 Å². The van der Waals surface area contributed by atoms with Gasteiger partial charge in [0.1, 0.15) is 6.61 Å². The van der Waals surface area contributed by atoms with Gasteiger partial charge in [0.25, 0.3) is 0 Å². The molecule has 0 aromatic heterocycles. The molecule has 1 rings (SSSR count). The van der Waals surface area contributed by atoms with Gasteiger partial charge >= 0.3 is 0 Å². The van der Waals surface area contributed by atoms with Crippen molar-refractivity contribution < 1.29 is 9.13 Å². The Morgan fingerprint density at radius 1 is 1.58 bits per heavy atom. The second-order valence-corrected chi connectivity index (χ2v) is 2.53. The molecule has 0 atom stereocenters. The molecule has 1 nitrogen and oxygen atoms in total. The Morgan fingerprint density at radius 3 is 3.00 bits per heavy atom. The van der Waals surface area contributed by atoms with Crippen LogP contribution in [0, 0.1) is 12.7 Å². The van der Waals surface area contributed by atoms with Crippen LogP contribution >= 0.6 is 0 Å². The normalized spacial score (nSPS) is 9.50. The first-order valence-electron chi connectivity index (χ1n) is 3.74. The Hall–Kier alpha value is -1.31. The standard InChI is InChI=1S/C10H11FO/c1-3-6-12-10-7-8(2)4-5-9(10)11/h3-5,7H,1,6H2,2H3. The number of hydrogen-bond acceptors (Lipinski definition) is 1. The molecule has 0 unspecified atom stereocenters. The molecule has 0 bridgehead atoms. The van der Waals surface area contributed by atoms with Crippen LogP contribution in [0.25, 0.3) is 0 Å². The molecule has 0 saturated carbocycles. The Morgan fingerprint density at radius 2 is 2.33 bits per heavy atom. The van der Waals surface area contributed by atoms with Crippen molar-refractivity contribution in [2.24, 2.45) is 0 Å². The van der Waals surface area contributed by atoms with Crippen molar-refractivity contribution in [3.63, 3.8) is 0 Å². The molecule has 0 fully saturated rings. The molecule has 2 heteroatoms. The third-order valence-corrected chi connectivity index (χ3v) is 1.44. The van der Waals surface area contributed by atoms with E-state index in [-0.39, 0.29) is 11.6 Å². The van der Waals surface area contributed by atoms with Crippen molar-refractivity contribution in [1.82, 2.24) is 0 Å². The molecular formula is C10H11FO. The highest BCUT2D eigenvalue weighted by molar-refractivity contribution is 5.29. The number of benzene rings is 1. The molecule has 0 aliphatic carbocycles. The van der Waals surface area contributed by atoms with Gasteiger partial charge < -0.3 is 4.74 Å². The topological polar surface area (TPSA) is 9.23 Å². The summed E-state index contributed by atoms with van der Waals surface area (Å²) in [6, 6.07) is 4.77. The van der Waals surface area contributed by atoms with Gasteiger partial charge in [0, 0.05) is 0 Å². The summed E-state index contributed by atoms with van der Waals surface area (Å²) in [4.78, 5) is 0. The molecule has 0 spiro atoms. The smallest absolute Gasteiger partial charge is 0.165 e. The highest BCUT2D eigenvalue weighted by Crippen LogP contribution is 2.17. The van der Waals surface area contributed by atoms with E-state index >= 15 is 0 Å². The molecule has 64 valence electrons. The van der Waals surface area contributed by atoms with Gasteiger partial charge in [-0.15, -0.1) is 0 Å². The number of hydrogen-bond donors (Lipinski definition) is 0. The van der Waals surface area contributed by atoms with Gasteiger partial charge in [0.15, 0.2) is 11.6 Å². The fourth-order valence-electron chi connectivity index (χ4n) is 0.870. The van der Waals surface area contributed by atoms with E-state index in [0.717, 1.165) is 5.56 Å². The first kappa shape index (κ1) is 8.78. The van der Waals surface area contributed by atoms with Crippen LogP contribution in [0.4, 0.5) is 4.39 Å². The average Bonchev–Trinajstić information content (AvgIpc) is 2.07. The van der Waals surface area contributed by atoms with Crippen LogP contribution in [0.2, 0.25) is 0 Å². The Balaban J connectivity index is 2.82. The van der Waals surface area contributed by atoms with E-state index in [1.807, 2.05) is 6.92 Å². The Bertz CT molecular complexity index is 281. The third-order valence-electron chi connectivity index (χ3n) is 1.44. The Kier molecular flexibility index (Phi) is 2.86. The van der Waals surface area contributed by atoms with Crippen molar-refractivity contribution in [2.45, 2.75) is 6.92 Å². The summed E-state index contributed by atoms with van der Waals surface area (Å²) >= 11 is 0. The lowest BCUT2D eigenvalue weighted by molar-refractivity contribution is 0.341. The predicted molar refractivity (Wildman–Crippen MR) is 46.8 cm³/mol. The van der Waals surface area contributed by atoms with Gasteiger partial charge in [-0.25, -0.2) is 4.39 Å². The van der Waals surface area contributed by atoms with Crippen molar-refractivity contribution in [2.75, 3.05) is 6.61 Å². The lowest BCUT2D eigenvalue weighted by atomic mass is 10.2. The molecule has 1 aromatic carbocycles. The molecule has 12 heavy (non-hydrogen) atoms. The zero-order chi connectivity index (χ0) is 8.97. The summed E-state index contributed by atoms with van der Waals surface area (Å²) in [6.07, 6.45) is 1.59. The second-order valence-electron chi connectivity index (χ2n) is 2.53. The zero-order valence-corrected chi connectivity index (χ0v) is 7.01. The average molecular weight is 166 g/mol. The minimum absolute atomic E-state index is 0.287. The molecule has 0 amide bonds. The minimum Gasteiger partial charge on any atom is -0.486 e. The number of aryl methyl sites for hydroxylation is 1. The molecule has 1 aromatic rings. The first-order chi connectivity index (χ1) is 5.74. The van der Waals surface area contributed by atoms with Crippen LogP contribution in [-0.2, 0) is 0 Å². The first-order valence-corrected chi connectivity index (χ1v) is 3.74. The second kappa shape index (κ2) is 3.90. The highest BCUT2D eigenvalue weighted by atomic mass is 19.1. The van der Waals surface area contributed by atoms with Gasteiger partial charge in [-0.3, -0.25) is 0 Å². The van der Waals surface area contributed by atoms with Crippen LogP contribution in [0.1, 0.15) is 5.56 Å². The number of ether oxygens (including phenoxy) is 1. The van der Waals surface area contributed by atoms with Crippen molar-refractivity contribution in [1.29, 1.82) is 0 Å². The minimum atomic E-state index is -0.331. The van der Waals surface area contributed by atoms with E-state index in [9.17, 15) is 4.39 Å². The predicted octanol–water partition coefficient (Wildman–Crippen LogP) is 2.70. The third kappa shape index (κ3) is 2.09. The van der Waals surface area contributed by atoms with Crippen molar-refractivity contribution in [3.05, 3.63) is 42.2 Å². The molecule has 0 N–H and O–H groups in total. The maximum atomic E-state index is 12.9. The van der Waals surface area contributed by atoms with Crippen LogP contribution in [0.5, 0.6) is 5.75 Å². The highest BCUT2D eigenvalue weighted by Gasteiger charge is 2.00. The maximum Gasteiger partial charge on any atom is 0.165 e. The van der Waals surface area contributed by atoms with Crippen LogP contribution in [0.3, 0.4) is 0 Å². The molecule has 0 aliphatic rings. The molecule has 0 aliphatic heterocycles. The SMILES string of the molecule is C=CCOc1cc(C)ccc1F. The van der Waals surface area contributed by atoms with Gasteiger partial charge in [-0.2, -0.15) is 0 Å². The van der Waals surface area contributed by atoms with E-state index in [2.05, 4.69) is 6.58 Å².